The molecule has 0 aliphatic rings. The maximum atomic E-state index is 11.6. The van der Waals surface area contributed by atoms with E-state index in [9.17, 15) is 8.42 Å². The number of hydrogen-bond acceptors (Lipinski definition) is 3. The monoisotopic (exact) mass is 468 g/mol. The number of aliphatic imine (C=N–C) groups is 1. The van der Waals surface area contributed by atoms with Gasteiger partial charge in [0.1, 0.15) is 0 Å². The molecule has 6 nitrogen and oxygen atoms in total. The summed E-state index contributed by atoms with van der Waals surface area (Å²) in [6.45, 7) is 6.38. The molecule has 0 spiro atoms. The van der Waals surface area contributed by atoms with Gasteiger partial charge in [-0.2, -0.15) is 0 Å². The first kappa shape index (κ1) is 23.1. The second kappa shape index (κ2) is 12.5. The summed E-state index contributed by atoms with van der Waals surface area (Å²) in [6.07, 6.45) is 2.23. The van der Waals surface area contributed by atoms with Crippen LogP contribution in [0.15, 0.2) is 29.3 Å². The Morgan fingerprint density at radius 3 is 2.50 bits per heavy atom. The Hall–Kier alpha value is -0.870. The number of rotatable bonds is 9. The van der Waals surface area contributed by atoms with Crippen molar-refractivity contribution >= 4 is 40.0 Å². The van der Waals surface area contributed by atoms with Crippen molar-refractivity contribution in [3.63, 3.8) is 0 Å². The van der Waals surface area contributed by atoms with Crippen molar-refractivity contribution in [1.82, 2.24) is 15.4 Å². The van der Waals surface area contributed by atoms with Gasteiger partial charge in [-0.05, 0) is 31.5 Å². The summed E-state index contributed by atoms with van der Waals surface area (Å²) in [6, 6.07) is 7.51. The molecular weight excluding hydrogens is 439 g/mol. The zero-order valence-corrected chi connectivity index (χ0v) is 17.8. The SMILES string of the molecule is CCCCNC(=NCc1cccc(CS(=O)(=O)NC)c1)NCC.I. The molecule has 0 aromatic heterocycles. The molecule has 138 valence electrons. The minimum Gasteiger partial charge on any atom is -0.357 e. The highest BCUT2D eigenvalue weighted by atomic mass is 127. The van der Waals surface area contributed by atoms with Gasteiger partial charge in [0, 0.05) is 13.1 Å². The number of nitrogens with one attached hydrogen (secondary N) is 3. The smallest absolute Gasteiger partial charge is 0.215 e. The number of unbranched alkanes of at least 4 members (excludes halogenated alkanes) is 1. The molecule has 0 amide bonds. The highest BCUT2D eigenvalue weighted by Gasteiger charge is 2.08. The summed E-state index contributed by atoms with van der Waals surface area (Å²) in [5.74, 6) is 0.768. The molecule has 0 saturated heterocycles. The maximum absolute atomic E-state index is 11.6. The molecule has 0 aliphatic heterocycles. The van der Waals surface area contributed by atoms with Crippen molar-refractivity contribution in [2.45, 2.75) is 39.0 Å². The number of nitrogens with zero attached hydrogens (tertiary/aromatic N) is 1. The second-order valence-corrected chi connectivity index (χ2v) is 7.19. The lowest BCUT2D eigenvalue weighted by atomic mass is 10.1. The van der Waals surface area contributed by atoms with E-state index in [1.807, 2.05) is 31.2 Å². The van der Waals surface area contributed by atoms with E-state index in [2.05, 4.69) is 27.3 Å². The van der Waals surface area contributed by atoms with Crippen molar-refractivity contribution < 1.29 is 8.42 Å². The van der Waals surface area contributed by atoms with E-state index in [4.69, 9.17) is 0 Å². The normalized spacial score (nSPS) is 11.7. The van der Waals surface area contributed by atoms with Crippen molar-refractivity contribution in [2.24, 2.45) is 4.99 Å². The first-order valence-electron chi connectivity index (χ1n) is 8.02. The van der Waals surface area contributed by atoms with Crippen molar-refractivity contribution in [3.05, 3.63) is 35.4 Å². The number of guanidine groups is 1. The van der Waals surface area contributed by atoms with Crippen LogP contribution in [0.3, 0.4) is 0 Å². The predicted octanol–water partition coefficient (Wildman–Crippen LogP) is 2.21. The lowest BCUT2D eigenvalue weighted by Gasteiger charge is -2.11. The van der Waals surface area contributed by atoms with Gasteiger partial charge in [-0.1, -0.05) is 37.6 Å². The van der Waals surface area contributed by atoms with Crippen LogP contribution in [0, 0.1) is 0 Å². The Bertz CT molecular complexity index is 606. The van der Waals surface area contributed by atoms with E-state index >= 15 is 0 Å². The first-order valence-corrected chi connectivity index (χ1v) is 9.67. The minimum atomic E-state index is -3.25. The number of sulfonamides is 1. The quantitative estimate of drug-likeness (QED) is 0.225. The zero-order valence-electron chi connectivity index (χ0n) is 14.6. The van der Waals surface area contributed by atoms with Crippen LogP contribution in [0.1, 0.15) is 37.8 Å². The molecule has 0 unspecified atom stereocenters. The average Bonchev–Trinajstić information content (AvgIpc) is 2.53. The van der Waals surface area contributed by atoms with Crippen LogP contribution in [0.5, 0.6) is 0 Å². The third-order valence-corrected chi connectivity index (χ3v) is 4.58. The molecule has 8 heteroatoms. The maximum Gasteiger partial charge on any atom is 0.215 e. The fourth-order valence-electron chi connectivity index (χ4n) is 2.01. The highest BCUT2D eigenvalue weighted by Crippen LogP contribution is 2.09. The molecule has 0 heterocycles. The fraction of sp³-hybridized carbons (Fsp3) is 0.562. The number of hydrogen-bond donors (Lipinski definition) is 3. The summed E-state index contributed by atoms with van der Waals surface area (Å²) in [4.78, 5) is 4.54. The van der Waals surface area contributed by atoms with Crippen LogP contribution in [0.4, 0.5) is 0 Å². The second-order valence-electron chi connectivity index (χ2n) is 5.26. The first-order chi connectivity index (χ1) is 11.0. The molecule has 0 atom stereocenters. The molecule has 1 aromatic carbocycles. The molecule has 0 bridgehead atoms. The van der Waals surface area contributed by atoms with Crippen LogP contribution in [0.25, 0.3) is 0 Å². The summed E-state index contributed by atoms with van der Waals surface area (Å²) in [5, 5.41) is 6.49. The van der Waals surface area contributed by atoms with Crippen molar-refractivity contribution in [2.75, 3.05) is 20.1 Å². The fourth-order valence-corrected chi connectivity index (χ4v) is 2.77. The van der Waals surface area contributed by atoms with Gasteiger partial charge in [0.2, 0.25) is 10.0 Å². The Balaban J connectivity index is 0.00000529. The Morgan fingerprint density at radius 2 is 1.88 bits per heavy atom. The molecule has 1 rings (SSSR count). The molecule has 3 N–H and O–H groups in total. The topological polar surface area (TPSA) is 82.6 Å². The summed E-state index contributed by atoms with van der Waals surface area (Å²) < 4.78 is 25.6. The lowest BCUT2D eigenvalue weighted by Crippen LogP contribution is -2.37. The number of benzene rings is 1. The van der Waals surface area contributed by atoms with E-state index in [-0.39, 0.29) is 29.7 Å². The van der Waals surface area contributed by atoms with Crippen LogP contribution in [-0.4, -0.2) is 34.5 Å². The standard InChI is InChI=1S/C16H28N4O2S.HI/c1-4-6-10-19-16(18-5-2)20-12-14-8-7-9-15(11-14)13-23(21,22)17-3;/h7-9,11,17H,4-6,10,12-13H2,1-3H3,(H2,18,19,20);1H. The largest absolute Gasteiger partial charge is 0.357 e. The van der Waals surface area contributed by atoms with E-state index < -0.39 is 10.0 Å². The van der Waals surface area contributed by atoms with Gasteiger partial charge in [-0.3, -0.25) is 0 Å². The lowest BCUT2D eigenvalue weighted by molar-refractivity contribution is 0.587. The third-order valence-electron chi connectivity index (χ3n) is 3.25. The minimum absolute atomic E-state index is 0. The molecule has 1 aromatic rings. The predicted molar refractivity (Wildman–Crippen MR) is 111 cm³/mol. The van der Waals surface area contributed by atoms with Crippen LogP contribution in [-0.2, 0) is 22.3 Å². The molecule has 0 aliphatic carbocycles. The van der Waals surface area contributed by atoms with Crippen molar-refractivity contribution in [1.29, 1.82) is 0 Å². The molecule has 0 radical (unpaired) electrons. The zero-order chi connectivity index (χ0) is 17.1. The van der Waals surface area contributed by atoms with Crippen LogP contribution < -0.4 is 15.4 Å². The van der Waals surface area contributed by atoms with Gasteiger partial charge in [0.05, 0.1) is 12.3 Å². The Labute approximate surface area is 163 Å². The van der Waals surface area contributed by atoms with E-state index in [1.165, 1.54) is 7.05 Å². The summed E-state index contributed by atoms with van der Waals surface area (Å²) in [5.41, 5.74) is 1.75. The van der Waals surface area contributed by atoms with Crippen LogP contribution >= 0.6 is 24.0 Å². The van der Waals surface area contributed by atoms with E-state index in [0.29, 0.717) is 6.54 Å². The van der Waals surface area contributed by atoms with Gasteiger partial charge < -0.3 is 10.6 Å². The van der Waals surface area contributed by atoms with E-state index in [0.717, 1.165) is 43.0 Å². The van der Waals surface area contributed by atoms with Gasteiger partial charge in [0.15, 0.2) is 5.96 Å². The average molecular weight is 468 g/mol. The summed E-state index contributed by atoms with van der Waals surface area (Å²) in [7, 11) is -1.83. The molecule has 0 fully saturated rings. The number of halogens is 1. The van der Waals surface area contributed by atoms with Crippen LogP contribution in [0.2, 0.25) is 0 Å². The Kier molecular flexibility index (Phi) is 12.0. The van der Waals surface area contributed by atoms with E-state index in [1.54, 1.807) is 0 Å². The van der Waals surface area contributed by atoms with Gasteiger partial charge in [0.25, 0.3) is 0 Å². The summed E-state index contributed by atoms with van der Waals surface area (Å²) >= 11 is 0. The highest BCUT2D eigenvalue weighted by molar-refractivity contribution is 14.0. The van der Waals surface area contributed by atoms with Crippen molar-refractivity contribution in [3.8, 4) is 0 Å². The van der Waals surface area contributed by atoms with Gasteiger partial charge in [-0.25, -0.2) is 18.1 Å². The molecule has 0 saturated carbocycles. The Morgan fingerprint density at radius 1 is 1.17 bits per heavy atom. The molecular formula is C16H29IN4O2S. The van der Waals surface area contributed by atoms with Gasteiger partial charge >= 0.3 is 0 Å². The molecule has 24 heavy (non-hydrogen) atoms. The van der Waals surface area contributed by atoms with Gasteiger partial charge in [-0.15, -0.1) is 24.0 Å². The third kappa shape index (κ3) is 9.43.